The highest BCUT2D eigenvalue weighted by molar-refractivity contribution is 5.10. The average molecular weight is 264 g/mol. The van der Waals surface area contributed by atoms with Gasteiger partial charge in [-0.25, -0.2) is 0 Å². The zero-order valence-corrected chi connectivity index (χ0v) is 12.6. The molecule has 3 nitrogen and oxygen atoms in total. The fourth-order valence-corrected chi connectivity index (χ4v) is 1.83. The fraction of sp³-hybridized carbons (Fsp3) is 0.688. The minimum Gasteiger partial charge on any atom is -0.375 e. The molecule has 0 aliphatic carbocycles. The summed E-state index contributed by atoms with van der Waals surface area (Å²) < 4.78 is 5.64. The topological polar surface area (TPSA) is 34.1 Å². The summed E-state index contributed by atoms with van der Waals surface area (Å²) in [4.78, 5) is 4.60. The van der Waals surface area contributed by atoms with Crippen LogP contribution >= 0.6 is 0 Å². The van der Waals surface area contributed by atoms with Crippen LogP contribution in [0.1, 0.15) is 51.4 Å². The maximum absolute atomic E-state index is 5.64. The number of ether oxygens (including phenoxy) is 1. The summed E-state index contributed by atoms with van der Waals surface area (Å²) in [6.07, 6.45) is 3.62. The van der Waals surface area contributed by atoms with Crippen LogP contribution < -0.4 is 5.32 Å². The van der Waals surface area contributed by atoms with Crippen molar-refractivity contribution >= 4 is 0 Å². The van der Waals surface area contributed by atoms with Gasteiger partial charge in [0.15, 0.2) is 0 Å². The third-order valence-electron chi connectivity index (χ3n) is 2.87. The molecule has 0 saturated heterocycles. The van der Waals surface area contributed by atoms with Gasteiger partial charge >= 0.3 is 0 Å². The molecule has 0 spiro atoms. The number of unbranched alkanes of at least 4 members (excludes halogenated alkanes) is 2. The lowest BCUT2D eigenvalue weighted by Crippen LogP contribution is -2.19. The molecular formula is C16H28N2O. The number of hydrogen-bond acceptors (Lipinski definition) is 3. The lowest BCUT2D eigenvalue weighted by Gasteiger charge is -2.08. The third-order valence-corrected chi connectivity index (χ3v) is 2.87. The summed E-state index contributed by atoms with van der Waals surface area (Å²) in [5.74, 6) is 0.671. The summed E-state index contributed by atoms with van der Waals surface area (Å²) in [5.41, 5.74) is 2.12. The van der Waals surface area contributed by atoms with Crippen molar-refractivity contribution in [3.8, 4) is 0 Å². The molecule has 0 aliphatic heterocycles. The summed E-state index contributed by atoms with van der Waals surface area (Å²) in [6.45, 7) is 9.95. The smallest absolute Gasteiger partial charge is 0.0887 e. The van der Waals surface area contributed by atoms with Crippen molar-refractivity contribution in [3.05, 3.63) is 29.6 Å². The van der Waals surface area contributed by atoms with Crippen LogP contribution in [0.3, 0.4) is 0 Å². The highest BCUT2D eigenvalue weighted by Crippen LogP contribution is 2.03. The molecule has 0 unspecified atom stereocenters. The van der Waals surface area contributed by atoms with Gasteiger partial charge in [0.05, 0.1) is 18.0 Å². The standard InChI is InChI=1S/C16H28N2O/c1-4-5-6-10-19-13-16-9-7-8-15(18-16)12-17-11-14(2)3/h7-9,14,17H,4-6,10-13H2,1-3H3. The largest absolute Gasteiger partial charge is 0.375 e. The van der Waals surface area contributed by atoms with Crippen LogP contribution in [-0.2, 0) is 17.9 Å². The number of aromatic nitrogens is 1. The number of pyridine rings is 1. The minimum absolute atomic E-state index is 0.627. The van der Waals surface area contributed by atoms with Crippen molar-refractivity contribution < 1.29 is 4.74 Å². The molecule has 0 aliphatic rings. The van der Waals surface area contributed by atoms with Crippen LogP contribution in [0.5, 0.6) is 0 Å². The molecular weight excluding hydrogens is 236 g/mol. The van der Waals surface area contributed by atoms with E-state index in [4.69, 9.17) is 4.74 Å². The molecule has 19 heavy (non-hydrogen) atoms. The highest BCUT2D eigenvalue weighted by atomic mass is 16.5. The van der Waals surface area contributed by atoms with E-state index in [0.29, 0.717) is 12.5 Å². The fourth-order valence-electron chi connectivity index (χ4n) is 1.83. The molecule has 0 bridgehead atoms. The van der Waals surface area contributed by atoms with E-state index in [9.17, 15) is 0 Å². The summed E-state index contributed by atoms with van der Waals surface area (Å²) in [7, 11) is 0. The van der Waals surface area contributed by atoms with Gasteiger partial charge in [-0.15, -0.1) is 0 Å². The molecule has 1 heterocycles. The Morgan fingerprint density at radius 1 is 1.21 bits per heavy atom. The van der Waals surface area contributed by atoms with Gasteiger partial charge in [0, 0.05) is 13.2 Å². The van der Waals surface area contributed by atoms with Crippen molar-refractivity contribution in [3.63, 3.8) is 0 Å². The number of nitrogens with one attached hydrogen (secondary N) is 1. The van der Waals surface area contributed by atoms with E-state index < -0.39 is 0 Å². The average Bonchev–Trinajstić information content (AvgIpc) is 2.39. The van der Waals surface area contributed by atoms with Gasteiger partial charge in [0.1, 0.15) is 0 Å². The first-order valence-electron chi connectivity index (χ1n) is 7.45. The third kappa shape index (κ3) is 7.96. The SMILES string of the molecule is CCCCCOCc1cccc(CNCC(C)C)n1. The van der Waals surface area contributed by atoms with Crippen LogP contribution in [0.2, 0.25) is 0 Å². The van der Waals surface area contributed by atoms with Gasteiger partial charge in [-0.1, -0.05) is 39.7 Å². The van der Waals surface area contributed by atoms with E-state index in [1.807, 2.05) is 6.07 Å². The Balaban J connectivity index is 2.27. The first-order valence-corrected chi connectivity index (χ1v) is 7.45. The predicted octanol–water partition coefficient (Wildman–Crippen LogP) is 3.53. The first kappa shape index (κ1) is 16.1. The number of rotatable bonds is 10. The van der Waals surface area contributed by atoms with Gasteiger partial charge < -0.3 is 10.1 Å². The number of hydrogen-bond donors (Lipinski definition) is 1. The molecule has 0 fully saturated rings. The summed E-state index contributed by atoms with van der Waals surface area (Å²) in [5, 5.41) is 3.41. The Morgan fingerprint density at radius 2 is 2.00 bits per heavy atom. The molecule has 1 rings (SSSR count). The van der Waals surface area contributed by atoms with E-state index in [1.165, 1.54) is 12.8 Å². The van der Waals surface area contributed by atoms with E-state index in [-0.39, 0.29) is 0 Å². The molecule has 3 heteroatoms. The molecule has 108 valence electrons. The number of nitrogens with zero attached hydrogens (tertiary/aromatic N) is 1. The van der Waals surface area contributed by atoms with E-state index in [1.54, 1.807) is 0 Å². The Morgan fingerprint density at radius 3 is 2.74 bits per heavy atom. The molecule has 1 N–H and O–H groups in total. The zero-order chi connectivity index (χ0) is 13.9. The van der Waals surface area contributed by atoms with Gasteiger partial charge in [0.25, 0.3) is 0 Å². The highest BCUT2D eigenvalue weighted by Gasteiger charge is 1.99. The van der Waals surface area contributed by atoms with Crippen molar-refractivity contribution in [1.29, 1.82) is 0 Å². The molecule has 0 aromatic carbocycles. The van der Waals surface area contributed by atoms with Crippen molar-refractivity contribution in [2.45, 2.75) is 53.2 Å². The molecule has 1 aromatic heterocycles. The van der Waals surface area contributed by atoms with Crippen molar-refractivity contribution in [2.24, 2.45) is 5.92 Å². The van der Waals surface area contributed by atoms with Crippen LogP contribution in [0.25, 0.3) is 0 Å². The van der Waals surface area contributed by atoms with Crippen LogP contribution in [0, 0.1) is 5.92 Å². The Kier molecular flexibility index (Phi) is 8.43. The van der Waals surface area contributed by atoms with E-state index >= 15 is 0 Å². The van der Waals surface area contributed by atoms with Crippen molar-refractivity contribution in [1.82, 2.24) is 10.3 Å². The minimum atomic E-state index is 0.627. The van der Waals surface area contributed by atoms with Gasteiger partial charge in [-0.05, 0) is 31.0 Å². The van der Waals surface area contributed by atoms with E-state index in [0.717, 1.165) is 37.5 Å². The zero-order valence-electron chi connectivity index (χ0n) is 12.6. The van der Waals surface area contributed by atoms with Gasteiger partial charge in [0.2, 0.25) is 0 Å². The summed E-state index contributed by atoms with van der Waals surface area (Å²) >= 11 is 0. The second kappa shape index (κ2) is 9.93. The second-order valence-electron chi connectivity index (χ2n) is 5.40. The van der Waals surface area contributed by atoms with Gasteiger partial charge in [-0.3, -0.25) is 4.98 Å². The monoisotopic (exact) mass is 264 g/mol. The van der Waals surface area contributed by atoms with Gasteiger partial charge in [-0.2, -0.15) is 0 Å². The lowest BCUT2D eigenvalue weighted by molar-refractivity contribution is 0.114. The Labute approximate surface area is 117 Å². The summed E-state index contributed by atoms with van der Waals surface area (Å²) in [6, 6.07) is 6.16. The maximum Gasteiger partial charge on any atom is 0.0887 e. The Hall–Kier alpha value is -0.930. The van der Waals surface area contributed by atoms with Crippen LogP contribution in [0.15, 0.2) is 18.2 Å². The molecule has 1 aromatic rings. The second-order valence-corrected chi connectivity index (χ2v) is 5.40. The molecule has 0 atom stereocenters. The maximum atomic E-state index is 5.64. The van der Waals surface area contributed by atoms with Crippen LogP contribution in [-0.4, -0.2) is 18.1 Å². The molecule has 0 radical (unpaired) electrons. The molecule has 0 saturated carbocycles. The Bertz CT molecular complexity index is 339. The molecule has 0 amide bonds. The lowest BCUT2D eigenvalue weighted by atomic mass is 10.2. The normalized spacial score (nSPS) is 11.2. The predicted molar refractivity (Wildman–Crippen MR) is 80.0 cm³/mol. The van der Waals surface area contributed by atoms with E-state index in [2.05, 4.69) is 43.2 Å². The van der Waals surface area contributed by atoms with Crippen molar-refractivity contribution in [2.75, 3.05) is 13.2 Å². The first-order chi connectivity index (χ1) is 9.22. The quantitative estimate of drug-likeness (QED) is 0.656. The van der Waals surface area contributed by atoms with Crippen LogP contribution in [0.4, 0.5) is 0 Å².